The van der Waals surface area contributed by atoms with Crippen molar-refractivity contribution in [1.29, 1.82) is 0 Å². The minimum Gasteiger partial charge on any atom is -0.379 e. The van der Waals surface area contributed by atoms with E-state index in [9.17, 15) is 4.79 Å². The Kier molecular flexibility index (Phi) is 5.45. The highest BCUT2D eigenvalue weighted by Gasteiger charge is 2.33. The molecule has 1 atom stereocenters. The Morgan fingerprint density at radius 2 is 2.28 bits per heavy atom. The van der Waals surface area contributed by atoms with E-state index in [4.69, 9.17) is 4.74 Å². The predicted molar refractivity (Wildman–Crippen MR) is 94.7 cm³/mol. The van der Waals surface area contributed by atoms with E-state index < -0.39 is 0 Å². The van der Waals surface area contributed by atoms with E-state index in [2.05, 4.69) is 20.2 Å². The smallest absolute Gasteiger partial charge is 0.273 e. The standard InChI is InChI=1S/C16H24N6O2S/c1-11-17-14(10-25-11)16(23)22-7-12(9-24-6-5-20(2)3)15-13(8-22)18-19-21(15)4/h10,12H,5-9H2,1-4H3. The summed E-state index contributed by atoms with van der Waals surface area (Å²) >= 11 is 1.49. The summed E-state index contributed by atoms with van der Waals surface area (Å²) < 4.78 is 7.64. The Balaban J connectivity index is 1.73. The lowest BCUT2D eigenvalue weighted by Gasteiger charge is -2.31. The fraction of sp³-hybridized carbons (Fsp3) is 0.625. The number of hydrogen-bond acceptors (Lipinski definition) is 7. The minimum absolute atomic E-state index is 0.0565. The van der Waals surface area contributed by atoms with E-state index in [0.29, 0.717) is 32.0 Å². The molecule has 0 N–H and O–H groups in total. The number of rotatable bonds is 6. The molecule has 8 nitrogen and oxygen atoms in total. The van der Waals surface area contributed by atoms with Crippen molar-refractivity contribution < 1.29 is 9.53 Å². The monoisotopic (exact) mass is 364 g/mol. The van der Waals surface area contributed by atoms with Crippen molar-refractivity contribution in [3.05, 3.63) is 27.5 Å². The summed E-state index contributed by atoms with van der Waals surface area (Å²) in [5.74, 6) is 0.00791. The summed E-state index contributed by atoms with van der Waals surface area (Å²) in [5, 5.41) is 11.1. The first-order valence-corrected chi connectivity index (χ1v) is 9.16. The van der Waals surface area contributed by atoms with Gasteiger partial charge in [0.1, 0.15) is 11.4 Å². The first kappa shape index (κ1) is 18.0. The van der Waals surface area contributed by atoms with Crippen LogP contribution in [0.1, 0.15) is 32.8 Å². The van der Waals surface area contributed by atoms with Gasteiger partial charge in [0, 0.05) is 31.4 Å². The summed E-state index contributed by atoms with van der Waals surface area (Å²) in [4.78, 5) is 21.0. The van der Waals surface area contributed by atoms with Crippen LogP contribution < -0.4 is 0 Å². The topological polar surface area (TPSA) is 76.4 Å². The fourth-order valence-electron chi connectivity index (χ4n) is 3.00. The zero-order chi connectivity index (χ0) is 18.0. The van der Waals surface area contributed by atoms with Crippen LogP contribution in [0.25, 0.3) is 0 Å². The molecule has 0 saturated heterocycles. The number of ether oxygens (including phenoxy) is 1. The quantitative estimate of drug-likeness (QED) is 0.709. The summed E-state index contributed by atoms with van der Waals surface area (Å²) in [6, 6.07) is 0. The minimum atomic E-state index is -0.0565. The Hall–Kier alpha value is -1.84. The van der Waals surface area contributed by atoms with Gasteiger partial charge < -0.3 is 14.5 Å². The van der Waals surface area contributed by atoms with Crippen LogP contribution in [-0.2, 0) is 18.3 Å². The van der Waals surface area contributed by atoms with Gasteiger partial charge in [-0.15, -0.1) is 16.4 Å². The second-order valence-corrected chi connectivity index (χ2v) is 7.62. The summed E-state index contributed by atoms with van der Waals surface area (Å²) in [6.45, 7) is 5.02. The number of aromatic nitrogens is 4. The fourth-order valence-corrected chi connectivity index (χ4v) is 3.59. The average Bonchev–Trinajstić information content (AvgIpc) is 3.17. The summed E-state index contributed by atoms with van der Waals surface area (Å²) in [5.41, 5.74) is 2.40. The average molecular weight is 364 g/mol. The molecule has 136 valence electrons. The normalized spacial score (nSPS) is 17.2. The number of fused-ring (bicyclic) bond motifs is 1. The van der Waals surface area contributed by atoms with E-state index >= 15 is 0 Å². The molecule has 0 fully saturated rings. The van der Waals surface area contributed by atoms with Gasteiger partial charge in [0.2, 0.25) is 0 Å². The molecule has 2 aromatic rings. The van der Waals surface area contributed by atoms with Crippen molar-refractivity contribution in [3.8, 4) is 0 Å². The van der Waals surface area contributed by atoms with E-state index in [-0.39, 0.29) is 11.8 Å². The molecule has 0 bridgehead atoms. The second kappa shape index (κ2) is 7.59. The Labute approximate surface area is 151 Å². The number of carbonyl (C=O) groups excluding carboxylic acids is 1. The van der Waals surface area contributed by atoms with Gasteiger partial charge in [0.15, 0.2) is 0 Å². The second-order valence-electron chi connectivity index (χ2n) is 6.56. The Morgan fingerprint density at radius 1 is 1.48 bits per heavy atom. The van der Waals surface area contributed by atoms with Crippen LogP contribution in [0.5, 0.6) is 0 Å². The number of likely N-dealkylation sites (N-methyl/N-ethyl adjacent to an activating group) is 1. The molecule has 1 aliphatic heterocycles. The highest BCUT2D eigenvalue weighted by Crippen LogP contribution is 2.28. The number of amides is 1. The molecule has 3 rings (SSSR count). The van der Waals surface area contributed by atoms with Gasteiger partial charge in [0.25, 0.3) is 5.91 Å². The van der Waals surface area contributed by atoms with Crippen LogP contribution in [0.4, 0.5) is 0 Å². The van der Waals surface area contributed by atoms with Crippen LogP contribution in [0.3, 0.4) is 0 Å². The maximum absolute atomic E-state index is 12.8. The van der Waals surface area contributed by atoms with E-state index in [1.807, 2.05) is 33.4 Å². The first-order valence-electron chi connectivity index (χ1n) is 8.28. The number of carbonyl (C=O) groups is 1. The molecule has 1 amide bonds. The molecule has 1 aliphatic rings. The molecule has 2 aromatic heterocycles. The van der Waals surface area contributed by atoms with Crippen molar-refractivity contribution in [1.82, 2.24) is 29.8 Å². The Bertz CT molecular complexity index is 741. The molecule has 1 unspecified atom stereocenters. The number of nitrogens with zero attached hydrogens (tertiary/aromatic N) is 6. The van der Waals surface area contributed by atoms with Gasteiger partial charge in [-0.3, -0.25) is 9.48 Å². The SMILES string of the molecule is Cc1nc(C(=O)N2Cc3nnn(C)c3C(COCCN(C)C)C2)cs1. The third kappa shape index (κ3) is 4.05. The molecule has 0 saturated carbocycles. The van der Waals surface area contributed by atoms with Crippen molar-refractivity contribution in [2.24, 2.45) is 7.05 Å². The number of aryl methyl sites for hydroxylation is 2. The molecule has 0 spiro atoms. The molecule has 0 aromatic carbocycles. The lowest BCUT2D eigenvalue weighted by molar-refractivity contribution is 0.0609. The maximum atomic E-state index is 12.8. The third-order valence-corrected chi connectivity index (χ3v) is 5.01. The maximum Gasteiger partial charge on any atom is 0.273 e. The Morgan fingerprint density at radius 3 is 2.96 bits per heavy atom. The van der Waals surface area contributed by atoms with Gasteiger partial charge in [0.05, 0.1) is 30.5 Å². The van der Waals surface area contributed by atoms with Crippen LogP contribution in [0.15, 0.2) is 5.38 Å². The molecule has 25 heavy (non-hydrogen) atoms. The van der Waals surface area contributed by atoms with Crippen LogP contribution in [-0.4, -0.2) is 76.1 Å². The van der Waals surface area contributed by atoms with Crippen LogP contribution >= 0.6 is 11.3 Å². The lowest BCUT2D eigenvalue weighted by atomic mass is 9.98. The van der Waals surface area contributed by atoms with Gasteiger partial charge in [-0.2, -0.15) is 0 Å². The molecular formula is C16H24N6O2S. The van der Waals surface area contributed by atoms with Gasteiger partial charge in [-0.25, -0.2) is 4.98 Å². The lowest BCUT2D eigenvalue weighted by Crippen LogP contribution is -2.40. The van der Waals surface area contributed by atoms with E-state index in [0.717, 1.165) is 22.9 Å². The zero-order valence-electron chi connectivity index (χ0n) is 15.1. The van der Waals surface area contributed by atoms with Gasteiger partial charge in [-0.1, -0.05) is 5.21 Å². The number of thiazole rings is 1. The summed E-state index contributed by atoms with van der Waals surface area (Å²) in [6.07, 6.45) is 0. The zero-order valence-corrected chi connectivity index (χ0v) is 15.9. The highest BCUT2D eigenvalue weighted by atomic mass is 32.1. The largest absolute Gasteiger partial charge is 0.379 e. The molecule has 9 heteroatoms. The van der Waals surface area contributed by atoms with Crippen molar-refractivity contribution in [3.63, 3.8) is 0 Å². The summed E-state index contributed by atoms with van der Waals surface area (Å²) in [7, 11) is 5.92. The van der Waals surface area contributed by atoms with Gasteiger partial charge >= 0.3 is 0 Å². The van der Waals surface area contributed by atoms with E-state index in [1.165, 1.54) is 11.3 Å². The third-order valence-electron chi connectivity index (χ3n) is 4.24. The van der Waals surface area contributed by atoms with E-state index in [1.54, 1.807) is 9.58 Å². The molecular weight excluding hydrogens is 340 g/mol. The molecule has 3 heterocycles. The van der Waals surface area contributed by atoms with Crippen molar-refractivity contribution in [2.45, 2.75) is 19.4 Å². The van der Waals surface area contributed by atoms with Crippen LogP contribution in [0, 0.1) is 6.92 Å². The van der Waals surface area contributed by atoms with Crippen molar-refractivity contribution >= 4 is 17.2 Å². The highest BCUT2D eigenvalue weighted by molar-refractivity contribution is 7.09. The van der Waals surface area contributed by atoms with Crippen LogP contribution in [0.2, 0.25) is 0 Å². The molecule has 0 radical (unpaired) electrons. The van der Waals surface area contributed by atoms with Gasteiger partial charge in [-0.05, 0) is 21.0 Å². The number of hydrogen-bond donors (Lipinski definition) is 0. The predicted octanol–water partition coefficient (Wildman–Crippen LogP) is 0.898. The van der Waals surface area contributed by atoms with Crippen molar-refractivity contribution in [2.75, 3.05) is 40.4 Å². The molecule has 0 aliphatic carbocycles. The first-order chi connectivity index (χ1) is 12.0.